The number of oxime groups is 1. The van der Waals surface area contributed by atoms with Crippen molar-refractivity contribution in [2.45, 2.75) is 6.92 Å². The first-order valence-electron chi connectivity index (χ1n) is 3.09. The van der Waals surface area contributed by atoms with Crippen LogP contribution < -0.4 is 0 Å². The quantitative estimate of drug-likeness (QED) is 0.311. The molecule has 11 heavy (non-hydrogen) atoms. The molecular formula is C6H12N2OS2. The summed E-state index contributed by atoms with van der Waals surface area (Å²) in [5.74, 6) is 0.646. The Labute approximate surface area is 76.4 Å². The molecule has 0 saturated heterocycles. The molecule has 0 spiro atoms. The standard InChI is InChI=1S/C6H12N2OS2/c1-5(7-9)4-11-6(10)8(2)3/h9H,4H2,1-3H3/b7-5+. The molecule has 0 heterocycles. The summed E-state index contributed by atoms with van der Waals surface area (Å²) < 4.78 is 0.799. The van der Waals surface area contributed by atoms with E-state index in [2.05, 4.69) is 5.16 Å². The van der Waals surface area contributed by atoms with Gasteiger partial charge in [-0.1, -0.05) is 29.1 Å². The fraction of sp³-hybridized carbons (Fsp3) is 0.667. The molecule has 0 aromatic heterocycles. The molecule has 0 aromatic carbocycles. The van der Waals surface area contributed by atoms with Gasteiger partial charge >= 0.3 is 0 Å². The van der Waals surface area contributed by atoms with E-state index >= 15 is 0 Å². The molecule has 0 saturated carbocycles. The zero-order valence-electron chi connectivity index (χ0n) is 6.87. The van der Waals surface area contributed by atoms with E-state index in [1.807, 2.05) is 19.0 Å². The van der Waals surface area contributed by atoms with Crippen molar-refractivity contribution in [3.8, 4) is 0 Å². The molecule has 0 radical (unpaired) electrons. The average molecular weight is 192 g/mol. The third kappa shape index (κ3) is 5.03. The van der Waals surface area contributed by atoms with Gasteiger partial charge in [0.2, 0.25) is 0 Å². The van der Waals surface area contributed by atoms with Gasteiger partial charge in [0.05, 0.1) is 5.71 Å². The van der Waals surface area contributed by atoms with Crippen molar-refractivity contribution < 1.29 is 5.21 Å². The molecule has 0 aliphatic heterocycles. The Hall–Kier alpha value is -0.290. The third-order valence-corrected chi connectivity index (χ3v) is 2.83. The zero-order chi connectivity index (χ0) is 8.85. The first-order chi connectivity index (χ1) is 5.07. The molecular weight excluding hydrogens is 180 g/mol. The van der Waals surface area contributed by atoms with Gasteiger partial charge in [0, 0.05) is 19.8 Å². The first kappa shape index (κ1) is 10.7. The van der Waals surface area contributed by atoms with Gasteiger partial charge in [-0.2, -0.15) is 0 Å². The van der Waals surface area contributed by atoms with Crippen LogP contribution in [0, 0.1) is 0 Å². The molecule has 0 atom stereocenters. The van der Waals surface area contributed by atoms with E-state index in [1.165, 1.54) is 11.8 Å². The number of rotatable bonds is 2. The van der Waals surface area contributed by atoms with Crippen molar-refractivity contribution in [3.05, 3.63) is 0 Å². The van der Waals surface area contributed by atoms with Gasteiger partial charge in [0.25, 0.3) is 0 Å². The first-order valence-corrected chi connectivity index (χ1v) is 4.49. The number of hydrogen-bond acceptors (Lipinski definition) is 4. The van der Waals surface area contributed by atoms with Crippen LogP contribution in [0.5, 0.6) is 0 Å². The van der Waals surface area contributed by atoms with Crippen LogP contribution in [-0.2, 0) is 0 Å². The second-order valence-corrected chi connectivity index (χ2v) is 3.89. The van der Waals surface area contributed by atoms with Crippen LogP contribution in [0.25, 0.3) is 0 Å². The number of nitrogens with zero attached hydrogens (tertiary/aromatic N) is 2. The van der Waals surface area contributed by atoms with Crippen LogP contribution in [0.4, 0.5) is 0 Å². The molecule has 0 fully saturated rings. The molecule has 0 rings (SSSR count). The fourth-order valence-electron chi connectivity index (χ4n) is 0.324. The minimum Gasteiger partial charge on any atom is -0.411 e. The molecule has 0 amide bonds. The maximum absolute atomic E-state index is 8.30. The molecule has 0 aliphatic carbocycles. The van der Waals surface area contributed by atoms with Crippen LogP contribution in [0.2, 0.25) is 0 Å². The Morgan fingerprint density at radius 3 is 2.55 bits per heavy atom. The second-order valence-electron chi connectivity index (χ2n) is 2.28. The average Bonchev–Trinajstić information content (AvgIpc) is 1.99. The number of thiocarbonyl (C=S) groups is 1. The van der Waals surface area contributed by atoms with E-state index in [9.17, 15) is 0 Å². The highest BCUT2D eigenvalue weighted by molar-refractivity contribution is 8.23. The molecule has 0 aromatic rings. The maximum atomic E-state index is 8.30. The smallest absolute Gasteiger partial charge is 0.136 e. The van der Waals surface area contributed by atoms with Crippen LogP contribution in [0.15, 0.2) is 5.16 Å². The summed E-state index contributed by atoms with van der Waals surface area (Å²) in [6.45, 7) is 1.76. The lowest BCUT2D eigenvalue weighted by Crippen LogP contribution is -2.17. The van der Waals surface area contributed by atoms with E-state index in [-0.39, 0.29) is 0 Å². The minimum atomic E-state index is 0.646. The monoisotopic (exact) mass is 192 g/mol. The van der Waals surface area contributed by atoms with Crippen molar-refractivity contribution in [3.63, 3.8) is 0 Å². The van der Waals surface area contributed by atoms with Gasteiger partial charge in [-0.15, -0.1) is 0 Å². The number of thioether (sulfide) groups is 1. The van der Waals surface area contributed by atoms with E-state index in [0.29, 0.717) is 11.5 Å². The predicted molar refractivity (Wildman–Crippen MR) is 53.6 cm³/mol. The van der Waals surface area contributed by atoms with Crippen LogP contribution >= 0.6 is 24.0 Å². The Balaban J connectivity index is 3.63. The van der Waals surface area contributed by atoms with Gasteiger partial charge < -0.3 is 10.1 Å². The lowest BCUT2D eigenvalue weighted by atomic mass is 10.5. The van der Waals surface area contributed by atoms with Crippen LogP contribution in [0.1, 0.15) is 6.92 Å². The summed E-state index contributed by atoms with van der Waals surface area (Å²) in [5.41, 5.74) is 0.680. The number of hydrogen-bond donors (Lipinski definition) is 1. The topological polar surface area (TPSA) is 35.8 Å². The van der Waals surface area contributed by atoms with E-state index < -0.39 is 0 Å². The van der Waals surface area contributed by atoms with Gasteiger partial charge in [-0.3, -0.25) is 0 Å². The SMILES string of the molecule is C/C(CSC(=S)N(C)C)=N\O. The summed E-state index contributed by atoms with van der Waals surface area (Å²) in [6.07, 6.45) is 0. The van der Waals surface area contributed by atoms with Crippen molar-refractivity contribution in [1.29, 1.82) is 0 Å². The Kier molecular flexibility index (Phi) is 5.23. The molecule has 1 N–H and O–H groups in total. The predicted octanol–water partition coefficient (Wildman–Crippen LogP) is 1.42. The second kappa shape index (κ2) is 5.37. The molecule has 5 heteroatoms. The van der Waals surface area contributed by atoms with Crippen LogP contribution in [-0.4, -0.2) is 40.0 Å². The van der Waals surface area contributed by atoms with E-state index in [0.717, 1.165) is 4.32 Å². The molecule has 0 unspecified atom stereocenters. The van der Waals surface area contributed by atoms with Crippen molar-refractivity contribution in [1.82, 2.24) is 4.90 Å². The van der Waals surface area contributed by atoms with Gasteiger partial charge in [0.15, 0.2) is 0 Å². The summed E-state index contributed by atoms with van der Waals surface area (Å²) in [6, 6.07) is 0. The third-order valence-electron chi connectivity index (χ3n) is 0.940. The molecule has 0 bridgehead atoms. The minimum absolute atomic E-state index is 0.646. The lowest BCUT2D eigenvalue weighted by Gasteiger charge is -2.11. The summed E-state index contributed by atoms with van der Waals surface area (Å²) in [7, 11) is 3.78. The summed E-state index contributed by atoms with van der Waals surface area (Å²) in [4.78, 5) is 1.85. The summed E-state index contributed by atoms with van der Waals surface area (Å²) in [5, 5.41) is 11.3. The highest BCUT2D eigenvalue weighted by Gasteiger charge is 2.00. The van der Waals surface area contributed by atoms with Crippen molar-refractivity contribution >= 4 is 34.0 Å². The zero-order valence-corrected chi connectivity index (χ0v) is 8.50. The molecule has 64 valence electrons. The lowest BCUT2D eigenvalue weighted by molar-refractivity contribution is 0.318. The largest absolute Gasteiger partial charge is 0.411 e. The molecule has 0 aliphatic rings. The molecule has 3 nitrogen and oxygen atoms in total. The maximum Gasteiger partial charge on any atom is 0.136 e. The van der Waals surface area contributed by atoms with Crippen molar-refractivity contribution in [2.24, 2.45) is 5.16 Å². The van der Waals surface area contributed by atoms with Gasteiger partial charge in [-0.25, -0.2) is 0 Å². The summed E-state index contributed by atoms with van der Waals surface area (Å²) >= 11 is 6.48. The Morgan fingerprint density at radius 2 is 2.18 bits per heavy atom. The Bertz CT molecular complexity index is 168. The van der Waals surface area contributed by atoms with Crippen molar-refractivity contribution in [2.75, 3.05) is 19.8 Å². The fourth-order valence-corrected chi connectivity index (χ4v) is 1.15. The Morgan fingerprint density at radius 1 is 1.64 bits per heavy atom. The van der Waals surface area contributed by atoms with E-state index in [1.54, 1.807) is 6.92 Å². The normalized spacial score (nSPS) is 11.4. The highest BCUT2D eigenvalue weighted by atomic mass is 32.2. The van der Waals surface area contributed by atoms with E-state index in [4.69, 9.17) is 17.4 Å². The van der Waals surface area contributed by atoms with Crippen LogP contribution in [0.3, 0.4) is 0 Å². The van der Waals surface area contributed by atoms with Gasteiger partial charge in [-0.05, 0) is 6.92 Å². The van der Waals surface area contributed by atoms with Gasteiger partial charge in [0.1, 0.15) is 4.32 Å². The highest BCUT2D eigenvalue weighted by Crippen LogP contribution is 2.06.